The Bertz CT molecular complexity index is 748. The molecule has 5 heteroatoms. The number of nitrogens with one attached hydrogen (secondary N) is 1. The summed E-state index contributed by atoms with van der Waals surface area (Å²) in [5.41, 5.74) is 9.51. The van der Waals surface area contributed by atoms with Crippen LogP contribution >= 0.6 is 12.4 Å². The summed E-state index contributed by atoms with van der Waals surface area (Å²) in [4.78, 5) is 14.8. The maximum absolute atomic E-state index is 12.6. The van der Waals surface area contributed by atoms with E-state index in [9.17, 15) is 4.79 Å². The van der Waals surface area contributed by atoms with Gasteiger partial charge in [0.1, 0.15) is 0 Å². The number of piperidine rings is 1. The first-order valence-corrected chi connectivity index (χ1v) is 9.34. The molecule has 1 atom stereocenters. The van der Waals surface area contributed by atoms with Crippen molar-refractivity contribution in [2.24, 2.45) is 11.1 Å². The predicted molar refractivity (Wildman–Crippen MR) is 114 cm³/mol. The first kappa shape index (κ1) is 21.4. The van der Waals surface area contributed by atoms with Crippen LogP contribution in [0.4, 0.5) is 5.69 Å². The van der Waals surface area contributed by atoms with E-state index in [4.69, 9.17) is 5.73 Å². The number of carbonyl (C=O) groups is 1. The topological polar surface area (TPSA) is 58.4 Å². The Balaban J connectivity index is 0.00000261. The summed E-state index contributed by atoms with van der Waals surface area (Å²) in [6, 6.07) is 18.6. The van der Waals surface area contributed by atoms with Crippen LogP contribution in [0.5, 0.6) is 0 Å². The Kier molecular flexibility index (Phi) is 7.42. The number of carbonyl (C=O) groups excluding carboxylic acids is 1. The van der Waals surface area contributed by atoms with Crippen LogP contribution < -0.4 is 11.1 Å². The average molecular weight is 388 g/mol. The molecule has 0 spiro atoms. The van der Waals surface area contributed by atoms with Gasteiger partial charge in [-0.05, 0) is 35.4 Å². The number of para-hydroxylation sites is 1. The molecule has 2 aromatic carbocycles. The molecule has 27 heavy (non-hydrogen) atoms. The lowest BCUT2D eigenvalue weighted by Crippen LogP contribution is -2.53. The Labute approximate surface area is 168 Å². The van der Waals surface area contributed by atoms with Crippen molar-refractivity contribution in [3.63, 3.8) is 0 Å². The highest BCUT2D eigenvalue weighted by Crippen LogP contribution is 2.27. The van der Waals surface area contributed by atoms with Gasteiger partial charge >= 0.3 is 0 Å². The number of halogens is 1. The second-order valence-electron chi connectivity index (χ2n) is 7.96. The van der Waals surface area contributed by atoms with Crippen molar-refractivity contribution >= 4 is 24.0 Å². The van der Waals surface area contributed by atoms with Crippen molar-refractivity contribution in [1.29, 1.82) is 0 Å². The third kappa shape index (κ3) is 5.80. The number of nitrogens with two attached hydrogens (primary N) is 1. The number of hydrogen-bond acceptors (Lipinski definition) is 3. The minimum absolute atomic E-state index is 0. The van der Waals surface area contributed by atoms with Gasteiger partial charge in [-0.1, -0.05) is 62.4 Å². The van der Waals surface area contributed by atoms with Crippen LogP contribution in [0.3, 0.4) is 0 Å². The van der Waals surface area contributed by atoms with E-state index in [2.05, 4.69) is 42.3 Å². The van der Waals surface area contributed by atoms with Gasteiger partial charge in [-0.3, -0.25) is 9.69 Å². The number of likely N-dealkylation sites (tertiary alicyclic amines) is 1. The van der Waals surface area contributed by atoms with Crippen molar-refractivity contribution in [3.8, 4) is 0 Å². The van der Waals surface area contributed by atoms with E-state index < -0.39 is 0 Å². The zero-order valence-electron chi connectivity index (χ0n) is 16.2. The van der Waals surface area contributed by atoms with Gasteiger partial charge in [-0.2, -0.15) is 0 Å². The molecule has 4 nitrogen and oxygen atoms in total. The molecule has 0 bridgehead atoms. The Morgan fingerprint density at radius 1 is 1.15 bits per heavy atom. The summed E-state index contributed by atoms with van der Waals surface area (Å²) in [5, 5.41) is 3.10. The van der Waals surface area contributed by atoms with Gasteiger partial charge in [0.05, 0.1) is 6.54 Å². The molecule has 0 aliphatic carbocycles. The number of benzene rings is 2. The monoisotopic (exact) mass is 387 g/mol. The van der Waals surface area contributed by atoms with E-state index in [0.717, 1.165) is 37.2 Å². The minimum atomic E-state index is 0. The molecule has 2 aromatic rings. The van der Waals surface area contributed by atoms with Crippen molar-refractivity contribution in [3.05, 3.63) is 65.7 Å². The smallest absolute Gasteiger partial charge is 0.238 e. The van der Waals surface area contributed by atoms with Gasteiger partial charge in [0.2, 0.25) is 5.91 Å². The zero-order chi connectivity index (χ0) is 18.6. The van der Waals surface area contributed by atoms with Gasteiger partial charge in [0.25, 0.3) is 0 Å². The number of rotatable bonds is 5. The lowest BCUT2D eigenvalue weighted by Gasteiger charge is -2.42. The lowest BCUT2D eigenvalue weighted by atomic mass is 9.80. The molecule has 3 N–H and O–H groups in total. The summed E-state index contributed by atoms with van der Waals surface area (Å²) in [6.07, 6.45) is 1.74. The van der Waals surface area contributed by atoms with E-state index >= 15 is 0 Å². The zero-order valence-corrected chi connectivity index (χ0v) is 17.0. The van der Waals surface area contributed by atoms with Crippen LogP contribution in [-0.4, -0.2) is 36.5 Å². The number of anilines is 1. The fraction of sp³-hybridized carbons (Fsp3) is 0.409. The van der Waals surface area contributed by atoms with E-state index in [-0.39, 0.29) is 29.8 Å². The van der Waals surface area contributed by atoms with Crippen molar-refractivity contribution in [2.45, 2.75) is 32.7 Å². The van der Waals surface area contributed by atoms with E-state index in [1.54, 1.807) is 0 Å². The molecular formula is C22H30ClN3O. The van der Waals surface area contributed by atoms with Crippen molar-refractivity contribution in [2.75, 3.05) is 25.0 Å². The highest BCUT2D eigenvalue weighted by molar-refractivity contribution is 5.93. The van der Waals surface area contributed by atoms with Crippen LogP contribution in [0.25, 0.3) is 0 Å². The fourth-order valence-electron chi connectivity index (χ4n) is 3.62. The Morgan fingerprint density at radius 3 is 2.52 bits per heavy atom. The number of nitrogens with zero attached hydrogens (tertiary/aromatic N) is 1. The molecule has 0 radical (unpaired) electrons. The molecule has 0 saturated carbocycles. The van der Waals surface area contributed by atoms with Crippen LogP contribution in [0.15, 0.2) is 54.6 Å². The first-order chi connectivity index (χ1) is 12.4. The number of amides is 1. The lowest BCUT2D eigenvalue weighted by molar-refractivity contribution is -0.118. The fourth-order valence-corrected chi connectivity index (χ4v) is 3.62. The molecule has 3 rings (SSSR count). The minimum Gasteiger partial charge on any atom is -0.327 e. The molecule has 1 aliphatic heterocycles. The summed E-state index contributed by atoms with van der Waals surface area (Å²) in [5.74, 6) is 0.0387. The second-order valence-corrected chi connectivity index (χ2v) is 7.96. The normalized spacial score (nSPS) is 19.1. The molecular weight excluding hydrogens is 358 g/mol. The van der Waals surface area contributed by atoms with Crippen LogP contribution in [-0.2, 0) is 11.2 Å². The Morgan fingerprint density at radius 2 is 1.81 bits per heavy atom. The van der Waals surface area contributed by atoms with E-state index in [0.29, 0.717) is 6.54 Å². The molecule has 1 saturated heterocycles. The van der Waals surface area contributed by atoms with Crippen LogP contribution in [0, 0.1) is 5.41 Å². The first-order valence-electron chi connectivity index (χ1n) is 9.34. The summed E-state index contributed by atoms with van der Waals surface area (Å²) >= 11 is 0. The molecule has 146 valence electrons. The summed E-state index contributed by atoms with van der Waals surface area (Å²) < 4.78 is 0. The predicted octanol–water partition coefficient (Wildman–Crippen LogP) is 3.70. The average Bonchev–Trinajstić information content (AvgIpc) is 2.60. The molecule has 1 amide bonds. The van der Waals surface area contributed by atoms with E-state index in [1.807, 2.05) is 36.4 Å². The molecule has 0 aromatic heterocycles. The standard InChI is InChI=1S/C22H29N3O.ClH/c1-22(2)16-25(13-12-20(22)23)15-21(26)24-19-11-7-6-10-18(19)14-17-8-4-3-5-9-17;/h3-11,20H,12-16,23H2,1-2H3,(H,24,26);1H. The number of hydrogen-bond donors (Lipinski definition) is 2. The van der Waals surface area contributed by atoms with Gasteiger partial charge in [0, 0.05) is 24.8 Å². The molecule has 1 unspecified atom stereocenters. The molecule has 1 fully saturated rings. The molecule has 1 heterocycles. The van der Waals surface area contributed by atoms with Gasteiger partial charge in [-0.25, -0.2) is 0 Å². The van der Waals surface area contributed by atoms with Crippen LogP contribution in [0.1, 0.15) is 31.4 Å². The van der Waals surface area contributed by atoms with E-state index in [1.165, 1.54) is 5.56 Å². The third-order valence-corrected chi connectivity index (χ3v) is 5.29. The maximum Gasteiger partial charge on any atom is 0.238 e. The SMILES string of the molecule is CC1(C)CN(CC(=O)Nc2ccccc2Cc2ccccc2)CCC1N.Cl. The largest absolute Gasteiger partial charge is 0.327 e. The van der Waals surface area contributed by atoms with Crippen molar-refractivity contribution < 1.29 is 4.79 Å². The highest BCUT2D eigenvalue weighted by Gasteiger charge is 2.33. The highest BCUT2D eigenvalue weighted by atomic mass is 35.5. The summed E-state index contributed by atoms with van der Waals surface area (Å²) in [6.45, 7) is 6.50. The van der Waals surface area contributed by atoms with Crippen LogP contribution in [0.2, 0.25) is 0 Å². The van der Waals surface area contributed by atoms with Crippen molar-refractivity contribution in [1.82, 2.24) is 4.90 Å². The quantitative estimate of drug-likeness (QED) is 0.822. The maximum atomic E-state index is 12.6. The third-order valence-electron chi connectivity index (χ3n) is 5.29. The second kappa shape index (κ2) is 9.36. The molecule has 1 aliphatic rings. The van der Waals surface area contributed by atoms with Gasteiger partial charge in [0.15, 0.2) is 0 Å². The van der Waals surface area contributed by atoms with Gasteiger partial charge in [-0.15, -0.1) is 12.4 Å². The Hall–Kier alpha value is -1.88. The summed E-state index contributed by atoms with van der Waals surface area (Å²) in [7, 11) is 0. The van der Waals surface area contributed by atoms with Gasteiger partial charge < -0.3 is 11.1 Å².